The summed E-state index contributed by atoms with van der Waals surface area (Å²) in [6.45, 7) is 0. The van der Waals surface area contributed by atoms with Crippen LogP contribution in [-0.2, 0) is 0 Å². The summed E-state index contributed by atoms with van der Waals surface area (Å²) in [5.41, 5.74) is 1.07. The molecule has 1 unspecified atom stereocenters. The van der Waals surface area contributed by atoms with Crippen LogP contribution in [0, 0.1) is 11.6 Å². The topological polar surface area (TPSA) is 24.9 Å². The van der Waals surface area contributed by atoms with Crippen molar-refractivity contribution in [1.82, 2.24) is 10.3 Å². The molecule has 94 valence electrons. The summed E-state index contributed by atoms with van der Waals surface area (Å²) < 4.78 is 27.6. The zero-order valence-electron chi connectivity index (χ0n) is 9.62. The number of hydrogen-bond donors (Lipinski definition) is 1. The smallest absolute Gasteiger partial charge is 0.146 e. The lowest BCUT2D eigenvalue weighted by Gasteiger charge is -2.19. The van der Waals surface area contributed by atoms with Crippen LogP contribution < -0.4 is 5.32 Å². The first-order valence-electron chi connectivity index (χ1n) is 5.35. The molecular formula is C13H11BrF2N2. The van der Waals surface area contributed by atoms with Crippen molar-refractivity contribution in [3.8, 4) is 0 Å². The van der Waals surface area contributed by atoms with Crippen LogP contribution in [-0.4, -0.2) is 12.0 Å². The molecule has 0 aliphatic rings. The Balaban J connectivity index is 2.53. The Morgan fingerprint density at radius 3 is 2.61 bits per heavy atom. The quantitative estimate of drug-likeness (QED) is 0.939. The monoisotopic (exact) mass is 312 g/mol. The van der Waals surface area contributed by atoms with Crippen molar-refractivity contribution >= 4 is 15.9 Å². The van der Waals surface area contributed by atoms with Gasteiger partial charge in [-0.2, -0.15) is 0 Å². The van der Waals surface area contributed by atoms with Crippen molar-refractivity contribution in [2.24, 2.45) is 0 Å². The standard InChI is InChI=1S/C13H11BrF2N2/c1-17-13(8-5-6-18-7-11(8)16)9-3-2-4-10(15)12(9)14/h2-7,13,17H,1H3. The van der Waals surface area contributed by atoms with E-state index in [-0.39, 0.29) is 5.82 Å². The molecular weight excluding hydrogens is 302 g/mol. The Morgan fingerprint density at radius 2 is 1.94 bits per heavy atom. The number of nitrogens with one attached hydrogen (secondary N) is 1. The molecule has 2 nitrogen and oxygen atoms in total. The molecule has 0 fully saturated rings. The summed E-state index contributed by atoms with van der Waals surface area (Å²) in [7, 11) is 1.70. The highest BCUT2D eigenvalue weighted by molar-refractivity contribution is 9.10. The van der Waals surface area contributed by atoms with Gasteiger partial charge in [0.2, 0.25) is 0 Å². The van der Waals surface area contributed by atoms with Gasteiger partial charge in [-0.3, -0.25) is 4.98 Å². The predicted molar refractivity (Wildman–Crippen MR) is 69.2 cm³/mol. The number of halogens is 3. The van der Waals surface area contributed by atoms with Crippen molar-refractivity contribution < 1.29 is 8.78 Å². The van der Waals surface area contributed by atoms with E-state index >= 15 is 0 Å². The van der Waals surface area contributed by atoms with Gasteiger partial charge in [-0.15, -0.1) is 0 Å². The predicted octanol–water partition coefficient (Wildman–Crippen LogP) is 3.43. The van der Waals surface area contributed by atoms with Crippen LogP contribution in [0.25, 0.3) is 0 Å². The van der Waals surface area contributed by atoms with Crippen molar-refractivity contribution in [2.45, 2.75) is 6.04 Å². The van der Waals surface area contributed by atoms with E-state index in [0.717, 1.165) is 6.20 Å². The largest absolute Gasteiger partial charge is 0.309 e. The van der Waals surface area contributed by atoms with E-state index in [4.69, 9.17) is 0 Å². The molecule has 0 aliphatic heterocycles. The zero-order chi connectivity index (χ0) is 13.1. The van der Waals surface area contributed by atoms with E-state index in [9.17, 15) is 8.78 Å². The fourth-order valence-electron chi connectivity index (χ4n) is 1.84. The normalized spacial score (nSPS) is 12.4. The van der Waals surface area contributed by atoms with Crippen molar-refractivity contribution in [2.75, 3.05) is 7.05 Å². The van der Waals surface area contributed by atoms with Crippen molar-refractivity contribution in [3.05, 3.63) is 63.9 Å². The van der Waals surface area contributed by atoms with E-state index in [1.807, 2.05) is 0 Å². The molecule has 0 saturated heterocycles. The van der Waals surface area contributed by atoms with Gasteiger partial charge in [-0.1, -0.05) is 12.1 Å². The summed E-state index contributed by atoms with van der Waals surface area (Å²) in [5, 5.41) is 2.98. The Labute approximate surface area is 112 Å². The number of pyridine rings is 1. The molecule has 2 aromatic rings. The molecule has 0 spiro atoms. The maximum atomic E-state index is 13.7. The Bertz CT molecular complexity index is 560. The first-order chi connectivity index (χ1) is 8.65. The average Bonchev–Trinajstić information content (AvgIpc) is 2.37. The van der Waals surface area contributed by atoms with Gasteiger partial charge in [-0.25, -0.2) is 8.78 Å². The minimum atomic E-state index is -0.432. The first kappa shape index (κ1) is 13.1. The Kier molecular flexibility index (Phi) is 4.04. The molecule has 5 heteroatoms. The molecule has 1 heterocycles. The van der Waals surface area contributed by atoms with Gasteiger partial charge in [0, 0.05) is 11.8 Å². The molecule has 2 rings (SSSR count). The summed E-state index contributed by atoms with van der Waals surface area (Å²) in [6, 6.07) is 5.84. The maximum Gasteiger partial charge on any atom is 0.146 e. The maximum absolute atomic E-state index is 13.7. The van der Waals surface area contributed by atoms with Gasteiger partial charge in [0.05, 0.1) is 16.7 Å². The highest BCUT2D eigenvalue weighted by Gasteiger charge is 2.19. The molecule has 1 atom stereocenters. The van der Waals surface area contributed by atoms with Crippen molar-refractivity contribution in [1.29, 1.82) is 0 Å². The lowest BCUT2D eigenvalue weighted by atomic mass is 9.99. The molecule has 1 aromatic carbocycles. The van der Waals surface area contributed by atoms with Crippen LogP contribution in [0.1, 0.15) is 17.2 Å². The van der Waals surface area contributed by atoms with E-state index in [1.54, 1.807) is 25.2 Å². The van der Waals surface area contributed by atoms with Crippen molar-refractivity contribution in [3.63, 3.8) is 0 Å². The van der Waals surface area contributed by atoms with Crippen LogP contribution >= 0.6 is 15.9 Å². The minimum absolute atomic E-state index is 0.334. The SMILES string of the molecule is CNC(c1ccncc1F)c1cccc(F)c1Br. The van der Waals surface area contributed by atoms with Gasteiger partial charge < -0.3 is 5.32 Å². The molecule has 0 aliphatic carbocycles. The lowest BCUT2D eigenvalue weighted by molar-refractivity contribution is 0.564. The van der Waals surface area contributed by atoms with Gasteiger partial charge in [0.1, 0.15) is 11.6 Å². The highest BCUT2D eigenvalue weighted by Crippen LogP contribution is 2.30. The Hall–Kier alpha value is -1.33. The van der Waals surface area contributed by atoms with Gasteiger partial charge in [-0.05, 0) is 40.7 Å². The summed E-state index contributed by atoms with van der Waals surface area (Å²) in [5.74, 6) is -0.796. The third kappa shape index (κ3) is 2.42. The van der Waals surface area contributed by atoms with Crippen LogP contribution in [0.3, 0.4) is 0 Å². The molecule has 0 radical (unpaired) electrons. The van der Waals surface area contributed by atoms with Gasteiger partial charge >= 0.3 is 0 Å². The third-order valence-electron chi connectivity index (χ3n) is 2.70. The molecule has 0 bridgehead atoms. The molecule has 1 aromatic heterocycles. The van der Waals surface area contributed by atoms with Gasteiger partial charge in [0.25, 0.3) is 0 Å². The van der Waals surface area contributed by atoms with E-state index in [2.05, 4.69) is 26.2 Å². The number of hydrogen-bond acceptors (Lipinski definition) is 2. The van der Waals surface area contributed by atoms with Gasteiger partial charge in [0.15, 0.2) is 0 Å². The molecule has 1 N–H and O–H groups in total. The number of rotatable bonds is 3. The molecule has 0 amide bonds. The van der Waals surface area contributed by atoms with Crippen LogP contribution in [0.4, 0.5) is 8.78 Å². The Morgan fingerprint density at radius 1 is 1.17 bits per heavy atom. The fourth-order valence-corrected chi connectivity index (χ4v) is 2.34. The molecule has 18 heavy (non-hydrogen) atoms. The summed E-state index contributed by atoms with van der Waals surface area (Å²) in [6.07, 6.45) is 2.66. The van der Waals surface area contributed by atoms with Crippen LogP contribution in [0.15, 0.2) is 41.1 Å². The van der Waals surface area contributed by atoms with E-state index in [1.165, 1.54) is 12.3 Å². The summed E-state index contributed by atoms with van der Waals surface area (Å²) in [4.78, 5) is 3.71. The third-order valence-corrected chi connectivity index (χ3v) is 3.53. The number of aromatic nitrogens is 1. The number of nitrogens with zero attached hydrogens (tertiary/aromatic N) is 1. The second kappa shape index (κ2) is 5.54. The second-order valence-electron chi connectivity index (χ2n) is 3.76. The summed E-state index contributed by atoms with van der Waals surface area (Å²) >= 11 is 3.19. The lowest BCUT2D eigenvalue weighted by Crippen LogP contribution is -2.19. The fraction of sp³-hybridized carbons (Fsp3) is 0.154. The average molecular weight is 313 g/mol. The van der Waals surface area contributed by atoms with E-state index < -0.39 is 11.9 Å². The first-order valence-corrected chi connectivity index (χ1v) is 6.15. The zero-order valence-corrected chi connectivity index (χ0v) is 11.2. The molecule has 0 saturated carbocycles. The highest BCUT2D eigenvalue weighted by atomic mass is 79.9. The second-order valence-corrected chi connectivity index (χ2v) is 4.55. The van der Waals surface area contributed by atoms with Crippen LogP contribution in [0.2, 0.25) is 0 Å². The van der Waals surface area contributed by atoms with E-state index in [0.29, 0.717) is 15.6 Å². The minimum Gasteiger partial charge on any atom is -0.309 e. The van der Waals surface area contributed by atoms with Crippen LogP contribution in [0.5, 0.6) is 0 Å². The number of benzene rings is 1.